The number of halogens is 1. The van der Waals surface area contributed by atoms with Crippen LogP contribution >= 0.6 is 11.6 Å². The summed E-state index contributed by atoms with van der Waals surface area (Å²) in [5.74, 6) is -2.37. The van der Waals surface area contributed by atoms with Gasteiger partial charge in [-0.15, -0.1) is 0 Å². The third-order valence-corrected chi connectivity index (χ3v) is 8.83. The number of amides is 3. The minimum Gasteiger partial charge on any atom is -0.396 e. The Morgan fingerprint density at radius 2 is 1.82 bits per heavy atom. The Labute approximate surface area is 227 Å². The fourth-order valence-electron chi connectivity index (χ4n) is 6.71. The summed E-state index contributed by atoms with van der Waals surface area (Å²) >= 11 is 6.01. The van der Waals surface area contributed by atoms with Crippen LogP contribution in [0, 0.1) is 17.8 Å². The first-order valence-electron chi connectivity index (χ1n) is 13.2. The van der Waals surface area contributed by atoms with Crippen LogP contribution in [0.1, 0.15) is 38.7 Å². The smallest absolute Gasteiger partial charge is 0.250 e. The Morgan fingerprint density at radius 3 is 2.50 bits per heavy atom. The van der Waals surface area contributed by atoms with Gasteiger partial charge >= 0.3 is 0 Å². The van der Waals surface area contributed by atoms with E-state index in [1.807, 2.05) is 44.2 Å². The Hall–Kier alpha value is -2.94. The standard InChI is InChI=1S/C29H34ClN3O5/c1-18-16-29-23(22(28(18,2)38-29)25(35)31-17-19-8-4-3-5-9-19)27(37)33(14-6-7-15-34)24(29)26(36)32-21-12-10-20(30)11-13-21/h3-5,8-13,18,22-24,34H,6-7,14-17H2,1-2H3,(H,31,35)(H,32,36)/t18?,22-,23-,24?,28+,29?/m0/s1. The molecule has 6 atom stereocenters. The molecule has 0 aliphatic carbocycles. The summed E-state index contributed by atoms with van der Waals surface area (Å²) in [5.41, 5.74) is -0.472. The molecule has 3 N–H and O–H groups in total. The highest BCUT2D eigenvalue weighted by Crippen LogP contribution is 2.65. The number of aliphatic hydroxyl groups excluding tert-OH is 1. The Kier molecular flexibility index (Phi) is 7.24. The van der Waals surface area contributed by atoms with Crippen molar-refractivity contribution in [2.24, 2.45) is 17.8 Å². The highest BCUT2D eigenvalue weighted by molar-refractivity contribution is 6.30. The number of carbonyl (C=O) groups is 3. The third kappa shape index (κ3) is 4.38. The predicted molar refractivity (Wildman–Crippen MR) is 143 cm³/mol. The van der Waals surface area contributed by atoms with E-state index in [4.69, 9.17) is 16.3 Å². The lowest BCUT2D eigenvalue weighted by atomic mass is 9.62. The molecule has 0 radical (unpaired) electrons. The van der Waals surface area contributed by atoms with Gasteiger partial charge in [-0.25, -0.2) is 0 Å². The molecule has 3 unspecified atom stereocenters. The zero-order chi connectivity index (χ0) is 27.1. The van der Waals surface area contributed by atoms with Crippen LogP contribution < -0.4 is 10.6 Å². The van der Waals surface area contributed by atoms with Gasteiger partial charge in [0.15, 0.2) is 0 Å². The van der Waals surface area contributed by atoms with E-state index in [0.717, 1.165) is 5.56 Å². The van der Waals surface area contributed by atoms with Crippen LogP contribution in [0.25, 0.3) is 0 Å². The molecule has 9 heteroatoms. The second-order valence-electron chi connectivity index (χ2n) is 10.9. The van der Waals surface area contributed by atoms with Gasteiger partial charge in [-0.1, -0.05) is 48.9 Å². The molecule has 202 valence electrons. The topological polar surface area (TPSA) is 108 Å². The molecule has 1 spiro atoms. The number of ether oxygens (including phenoxy) is 1. The van der Waals surface area contributed by atoms with E-state index in [1.165, 1.54) is 0 Å². The fourth-order valence-corrected chi connectivity index (χ4v) is 6.84. The fraction of sp³-hybridized carbons (Fsp3) is 0.483. The van der Waals surface area contributed by atoms with Crippen LogP contribution in [0.2, 0.25) is 5.02 Å². The van der Waals surface area contributed by atoms with Crippen molar-refractivity contribution in [3.05, 3.63) is 65.2 Å². The van der Waals surface area contributed by atoms with Crippen molar-refractivity contribution in [3.8, 4) is 0 Å². The van der Waals surface area contributed by atoms with Crippen molar-refractivity contribution in [1.29, 1.82) is 0 Å². The summed E-state index contributed by atoms with van der Waals surface area (Å²) in [4.78, 5) is 43.1. The number of benzene rings is 2. The Balaban J connectivity index is 1.47. The third-order valence-electron chi connectivity index (χ3n) is 8.57. The molecule has 3 fully saturated rings. The van der Waals surface area contributed by atoms with E-state index >= 15 is 0 Å². The zero-order valence-electron chi connectivity index (χ0n) is 21.7. The maximum atomic E-state index is 14.0. The summed E-state index contributed by atoms with van der Waals surface area (Å²) in [5, 5.41) is 15.8. The maximum absolute atomic E-state index is 14.0. The van der Waals surface area contributed by atoms with E-state index in [0.29, 0.717) is 43.1 Å². The lowest BCUT2D eigenvalue weighted by molar-refractivity contribution is -0.146. The quantitative estimate of drug-likeness (QED) is 0.423. The van der Waals surface area contributed by atoms with Gasteiger partial charge in [0.05, 0.1) is 17.4 Å². The Morgan fingerprint density at radius 1 is 1.11 bits per heavy atom. The predicted octanol–water partition coefficient (Wildman–Crippen LogP) is 3.38. The lowest BCUT2D eigenvalue weighted by Crippen LogP contribution is -2.54. The highest BCUT2D eigenvalue weighted by atomic mass is 35.5. The van der Waals surface area contributed by atoms with Crippen LogP contribution in [0.4, 0.5) is 5.69 Å². The van der Waals surface area contributed by atoms with E-state index in [1.54, 1.807) is 29.2 Å². The molecule has 3 aliphatic heterocycles. The molecule has 2 aromatic carbocycles. The number of hydrogen-bond acceptors (Lipinski definition) is 5. The zero-order valence-corrected chi connectivity index (χ0v) is 22.4. The number of hydrogen-bond donors (Lipinski definition) is 3. The second kappa shape index (κ2) is 10.3. The number of anilines is 1. The van der Waals surface area contributed by atoms with Gasteiger partial charge in [-0.2, -0.15) is 0 Å². The van der Waals surface area contributed by atoms with Crippen molar-refractivity contribution in [1.82, 2.24) is 10.2 Å². The molecule has 0 saturated carbocycles. The number of likely N-dealkylation sites (tertiary alicyclic amines) is 1. The molecular formula is C29H34ClN3O5. The summed E-state index contributed by atoms with van der Waals surface area (Å²) in [6.45, 7) is 4.55. The number of unbranched alkanes of at least 4 members (excludes halogenated alkanes) is 1. The molecule has 3 aliphatic rings. The molecule has 2 bridgehead atoms. The van der Waals surface area contributed by atoms with E-state index in [2.05, 4.69) is 10.6 Å². The lowest BCUT2D eigenvalue weighted by Gasteiger charge is -2.36. The molecule has 2 aromatic rings. The molecule has 3 saturated heterocycles. The maximum Gasteiger partial charge on any atom is 0.250 e. The molecule has 8 nitrogen and oxygen atoms in total. The number of carbonyl (C=O) groups excluding carboxylic acids is 3. The average molecular weight is 540 g/mol. The average Bonchev–Trinajstić information content (AvgIpc) is 3.41. The SMILES string of the molecule is CC1CC23O[C@@]1(C)[C@H](C(=O)NCc1ccccc1)[C@H]2C(=O)N(CCCCO)C3C(=O)Nc1ccc(Cl)cc1. The van der Waals surface area contributed by atoms with Gasteiger partial charge in [0.25, 0.3) is 0 Å². The van der Waals surface area contributed by atoms with E-state index < -0.39 is 29.1 Å². The molecule has 3 heterocycles. The Bertz CT molecular complexity index is 1210. The first-order chi connectivity index (χ1) is 18.2. The van der Waals surface area contributed by atoms with Crippen molar-refractivity contribution in [2.45, 2.75) is 56.9 Å². The summed E-state index contributed by atoms with van der Waals surface area (Å²) in [7, 11) is 0. The highest BCUT2D eigenvalue weighted by Gasteiger charge is 2.79. The van der Waals surface area contributed by atoms with Crippen LogP contribution in [0.3, 0.4) is 0 Å². The number of nitrogens with zero attached hydrogens (tertiary/aromatic N) is 1. The monoisotopic (exact) mass is 539 g/mol. The summed E-state index contributed by atoms with van der Waals surface area (Å²) < 4.78 is 6.71. The first kappa shape index (κ1) is 26.7. The number of rotatable bonds is 9. The van der Waals surface area contributed by atoms with Gasteiger partial charge < -0.3 is 25.4 Å². The second-order valence-corrected chi connectivity index (χ2v) is 11.3. The minimum absolute atomic E-state index is 0.00559. The van der Waals surface area contributed by atoms with Crippen molar-refractivity contribution in [3.63, 3.8) is 0 Å². The minimum atomic E-state index is -1.12. The van der Waals surface area contributed by atoms with E-state index in [9.17, 15) is 19.5 Å². The van der Waals surface area contributed by atoms with Crippen molar-refractivity contribution < 1.29 is 24.2 Å². The molecule has 3 amide bonds. The first-order valence-corrected chi connectivity index (χ1v) is 13.6. The molecule has 38 heavy (non-hydrogen) atoms. The van der Waals surface area contributed by atoms with Crippen LogP contribution in [0.5, 0.6) is 0 Å². The van der Waals surface area contributed by atoms with Gasteiger partial charge in [0, 0.05) is 30.4 Å². The van der Waals surface area contributed by atoms with Gasteiger partial charge in [-0.3, -0.25) is 14.4 Å². The molecule has 0 aromatic heterocycles. The number of aliphatic hydroxyl groups is 1. The largest absolute Gasteiger partial charge is 0.396 e. The van der Waals surface area contributed by atoms with E-state index in [-0.39, 0.29) is 30.2 Å². The van der Waals surface area contributed by atoms with Gasteiger partial charge in [-0.05, 0) is 61.9 Å². The normalized spacial score (nSPS) is 31.4. The van der Waals surface area contributed by atoms with Gasteiger partial charge in [0.1, 0.15) is 11.6 Å². The van der Waals surface area contributed by atoms with Crippen LogP contribution in [0.15, 0.2) is 54.6 Å². The summed E-state index contributed by atoms with van der Waals surface area (Å²) in [6, 6.07) is 15.5. The van der Waals surface area contributed by atoms with Crippen molar-refractivity contribution >= 4 is 35.0 Å². The summed E-state index contributed by atoms with van der Waals surface area (Å²) in [6.07, 6.45) is 1.54. The molecule has 5 rings (SSSR count). The number of fused-ring (bicyclic) bond motifs is 1. The van der Waals surface area contributed by atoms with Crippen LogP contribution in [-0.4, -0.2) is 58.1 Å². The van der Waals surface area contributed by atoms with Crippen molar-refractivity contribution in [2.75, 3.05) is 18.5 Å². The van der Waals surface area contributed by atoms with Crippen LogP contribution in [-0.2, 0) is 25.7 Å². The van der Waals surface area contributed by atoms with Gasteiger partial charge in [0.2, 0.25) is 17.7 Å². The number of nitrogens with one attached hydrogen (secondary N) is 2. The molecular weight excluding hydrogens is 506 g/mol.